The molecule has 0 aliphatic carbocycles. The minimum Gasteiger partial charge on any atom is -0.369 e. The van der Waals surface area contributed by atoms with E-state index in [-0.39, 0.29) is 11.1 Å². The van der Waals surface area contributed by atoms with Crippen LogP contribution in [0.4, 0.5) is 26.3 Å². The van der Waals surface area contributed by atoms with Crippen molar-refractivity contribution in [2.45, 2.75) is 23.7 Å². The van der Waals surface area contributed by atoms with E-state index in [0.717, 1.165) is 18.2 Å². The fourth-order valence-electron chi connectivity index (χ4n) is 3.09. The van der Waals surface area contributed by atoms with Crippen LogP contribution in [0.15, 0.2) is 41.4 Å². The van der Waals surface area contributed by atoms with E-state index >= 15 is 0 Å². The van der Waals surface area contributed by atoms with Gasteiger partial charge in [0.15, 0.2) is 5.69 Å². The minimum atomic E-state index is -4.91. The Hall–Kier alpha value is -3.17. The van der Waals surface area contributed by atoms with Gasteiger partial charge < -0.3 is 5.73 Å². The van der Waals surface area contributed by atoms with Gasteiger partial charge in [0.25, 0.3) is 0 Å². The molecular formula is C18H12ClF6N5O3S. The highest BCUT2D eigenvalue weighted by Crippen LogP contribution is 2.41. The number of nitrogens with two attached hydrogens (primary N) is 2. The highest BCUT2D eigenvalue weighted by Gasteiger charge is 2.36. The van der Waals surface area contributed by atoms with Crippen molar-refractivity contribution >= 4 is 27.5 Å². The summed E-state index contributed by atoms with van der Waals surface area (Å²) in [5.74, 6) is -0.950. The smallest absolute Gasteiger partial charge is 0.369 e. The topological polar surface area (TPSA) is 134 Å². The lowest BCUT2D eigenvalue weighted by atomic mass is 9.95. The molecule has 8 nitrogen and oxygen atoms in total. The van der Waals surface area contributed by atoms with Crippen molar-refractivity contribution in [3.05, 3.63) is 58.4 Å². The van der Waals surface area contributed by atoms with Crippen molar-refractivity contribution in [1.29, 1.82) is 0 Å². The number of nitrogens with zero attached hydrogens (tertiary/aromatic N) is 3. The minimum absolute atomic E-state index is 0.120. The molecule has 0 atom stereocenters. The quantitative estimate of drug-likeness (QED) is 0.491. The predicted molar refractivity (Wildman–Crippen MR) is 106 cm³/mol. The second-order valence-corrected chi connectivity index (χ2v) is 8.75. The van der Waals surface area contributed by atoms with Gasteiger partial charge >= 0.3 is 12.4 Å². The molecule has 0 saturated carbocycles. The Labute approximate surface area is 192 Å². The molecule has 2 aromatic carbocycles. The average molecular weight is 528 g/mol. The van der Waals surface area contributed by atoms with Crippen LogP contribution < -0.4 is 10.9 Å². The van der Waals surface area contributed by atoms with E-state index in [1.54, 1.807) is 0 Å². The summed E-state index contributed by atoms with van der Waals surface area (Å²) < 4.78 is 103. The summed E-state index contributed by atoms with van der Waals surface area (Å²) in [6.07, 6.45) is -9.97. The normalized spacial score (nSPS) is 12.7. The third-order valence-corrected chi connectivity index (χ3v) is 5.73. The molecular weight excluding hydrogens is 516 g/mol. The molecule has 0 spiro atoms. The van der Waals surface area contributed by atoms with Crippen LogP contribution in [-0.4, -0.2) is 29.3 Å². The fraction of sp³-hybridized carbons (Fsp3) is 0.167. The van der Waals surface area contributed by atoms with Crippen LogP contribution in [0, 0.1) is 0 Å². The van der Waals surface area contributed by atoms with E-state index < -0.39 is 67.1 Å². The number of carbonyl (C=O) groups is 1. The molecule has 34 heavy (non-hydrogen) atoms. The van der Waals surface area contributed by atoms with Gasteiger partial charge in [-0.2, -0.15) is 31.4 Å². The monoisotopic (exact) mass is 527 g/mol. The molecule has 1 amide bonds. The molecule has 3 aromatic rings. The highest BCUT2D eigenvalue weighted by molar-refractivity contribution is 7.89. The van der Waals surface area contributed by atoms with Crippen LogP contribution in [-0.2, 0) is 33.6 Å². The van der Waals surface area contributed by atoms with Crippen molar-refractivity contribution in [2.24, 2.45) is 10.9 Å². The molecule has 0 aliphatic rings. The summed E-state index contributed by atoms with van der Waals surface area (Å²) in [6.45, 7) is 0. The summed E-state index contributed by atoms with van der Waals surface area (Å²) in [7, 11) is -4.82. The fourth-order valence-corrected chi connectivity index (χ4v) is 4.33. The molecule has 182 valence electrons. The Morgan fingerprint density at radius 3 is 2.18 bits per heavy atom. The van der Waals surface area contributed by atoms with Crippen LogP contribution >= 0.6 is 11.6 Å². The number of amides is 1. The molecule has 1 aromatic heterocycles. The second kappa shape index (κ2) is 8.56. The summed E-state index contributed by atoms with van der Waals surface area (Å²) in [5, 5.41) is 11.4. The molecule has 3 rings (SSSR count). The van der Waals surface area contributed by atoms with E-state index in [1.165, 1.54) is 0 Å². The van der Waals surface area contributed by atoms with Gasteiger partial charge in [-0.1, -0.05) is 23.7 Å². The molecule has 1 heterocycles. The summed E-state index contributed by atoms with van der Waals surface area (Å²) in [6, 6.07) is 4.04. The summed E-state index contributed by atoms with van der Waals surface area (Å²) >= 11 is 6.02. The Morgan fingerprint density at radius 2 is 1.71 bits per heavy atom. The van der Waals surface area contributed by atoms with Crippen molar-refractivity contribution < 1.29 is 39.6 Å². The van der Waals surface area contributed by atoms with Crippen molar-refractivity contribution in [2.75, 3.05) is 0 Å². The third-order valence-electron chi connectivity index (χ3n) is 4.44. The number of carbonyl (C=O) groups excluding carboxylic acids is 1. The number of aromatic nitrogens is 3. The van der Waals surface area contributed by atoms with Gasteiger partial charge in [-0.05, 0) is 23.8 Å². The van der Waals surface area contributed by atoms with Crippen LogP contribution in [0.25, 0.3) is 16.8 Å². The number of benzene rings is 2. The highest BCUT2D eigenvalue weighted by atomic mass is 35.5. The van der Waals surface area contributed by atoms with E-state index in [2.05, 4.69) is 10.2 Å². The standard InChI is InChI=1S/C18H12ClF6N5O3S/c19-11-6-9(17(20,21)22)2-3-10(11)15-8(5-14(26)31)1-4-12(16(15)34(27,32)33)30-28-7-13(29-30)18(23,24)25/h1-4,6-7H,5H2,(H2,26,31)(H2,27,32,33). The third kappa shape index (κ3) is 5.15. The van der Waals surface area contributed by atoms with Crippen molar-refractivity contribution in [3.63, 3.8) is 0 Å². The van der Waals surface area contributed by atoms with E-state index in [9.17, 15) is 39.6 Å². The maximum Gasteiger partial charge on any atom is 0.436 e. The van der Waals surface area contributed by atoms with Crippen LogP contribution in [0.5, 0.6) is 0 Å². The van der Waals surface area contributed by atoms with Crippen LogP contribution in [0.2, 0.25) is 5.02 Å². The molecule has 16 heteroatoms. The Bertz CT molecular complexity index is 1390. The molecule has 0 fully saturated rings. The summed E-state index contributed by atoms with van der Waals surface area (Å²) in [4.78, 5) is 11.0. The van der Waals surface area contributed by atoms with Crippen LogP contribution in [0.3, 0.4) is 0 Å². The van der Waals surface area contributed by atoms with Gasteiger partial charge in [0.05, 0.1) is 18.2 Å². The molecule has 0 aliphatic heterocycles. The lowest BCUT2D eigenvalue weighted by Crippen LogP contribution is -2.21. The first-order valence-electron chi connectivity index (χ1n) is 8.84. The lowest BCUT2D eigenvalue weighted by molar-refractivity contribution is -0.141. The molecule has 0 bridgehead atoms. The maximum atomic E-state index is 13.1. The van der Waals surface area contributed by atoms with Crippen molar-refractivity contribution in [1.82, 2.24) is 15.0 Å². The first kappa shape index (κ1) is 25.5. The Morgan fingerprint density at radius 1 is 1.06 bits per heavy atom. The van der Waals surface area contributed by atoms with Gasteiger partial charge in [0, 0.05) is 16.1 Å². The van der Waals surface area contributed by atoms with E-state index in [0.29, 0.717) is 23.1 Å². The van der Waals surface area contributed by atoms with Gasteiger partial charge in [0.1, 0.15) is 10.6 Å². The second-order valence-electron chi connectivity index (χ2n) is 6.85. The molecule has 0 unspecified atom stereocenters. The zero-order chi connectivity index (χ0) is 25.6. The number of halogens is 7. The Kier molecular flexibility index (Phi) is 6.41. The first-order valence-corrected chi connectivity index (χ1v) is 10.8. The zero-order valence-corrected chi connectivity index (χ0v) is 18.0. The Balaban J connectivity index is 2.41. The zero-order valence-electron chi connectivity index (χ0n) is 16.4. The van der Waals surface area contributed by atoms with Gasteiger partial charge in [0.2, 0.25) is 15.9 Å². The number of rotatable bonds is 5. The summed E-state index contributed by atoms with van der Waals surface area (Å²) in [5.41, 5.74) is 1.14. The van der Waals surface area contributed by atoms with E-state index in [1.807, 2.05) is 0 Å². The van der Waals surface area contributed by atoms with Crippen molar-refractivity contribution in [3.8, 4) is 16.8 Å². The van der Waals surface area contributed by atoms with Gasteiger partial charge in [-0.15, -0.1) is 9.90 Å². The number of hydrogen-bond acceptors (Lipinski definition) is 5. The average Bonchev–Trinajstić information content (AvgIpc) is 3.16. The number of primary amides is 1. The molecule has 0 saturated heterocycles. The van der Waals surface area contributed by atoms with Crippen LogP contribution in [0.1, 0.15) is 16.8 Å². The number of primary sulfonamides is 1. The SMILES string of the molecule is NC(=O)Cc1ccc(-n2ncc(C(F)(F)F)n2)c(S(N)(=O)=O)c1-c1ccc(C(F)(F)F)cc1Cl. The predicted octanol–water partition coefficient (Wildman–Crippen LogP) is 3.30. The molecule has 0 radical (unpaired) electrons. The van der Waals surface area contributed by atoms with E-state index in [4.69, 9.17) is 22.5 Å². The van der Waals surface area contributed by atoms with Gasteiger partial charge in [-0.3, -0.25) is 4.79 Å². The lowest BCUT2D eigenvalue weighted by Gasteiger charge is -2.18. The number of alkyl halides is 6. The number of sulfonamides is 1. The largest absolute Gasteiger partial charge is 0.436 e. The number of hydrogen-bond donors (Lipinski definition) is 2. The maximum absolute atomic E-state index is 13.1. The molecule has 4 N–H and O–H groups in total. The first-order chi connectivity index (χ1) is 15.5. The van der Waals surface area contributed by atoms with Gasteiger partial charge in [-0.25, -0.2) is 13.6 Å².